The van der Waals surface area contributed by atoms with Crippen LogP contribution >= 0.6 is 66.1 Å². The molecule has 0 aliphatic carbocycles. The molecule has 0 fully saturated rings. The Kier molecular flexibility index (Phi) is 8.76. The number of rotatable bonds is 7. The topological polar surface area (TPSA) is 59.9 Å². The van der Waals surface area contributed by atoms with E-state index < -0.39 is 0 Å². The molecule has 3 aromatic rings. The van der Waals surface area contributed by atoms with Crippen LogP contribution < -0.4 is 14.9 Å². The molecule has 0 radical (unpaired) electrons. The molecule has 0 unspecified atom stereocenters. The summed E-state index contributed by atoms with van der Waals surface area (Å²) in [6, 6.07) is 16.4. The molecule has 0 aliphatic heterocycles. The van der Waals surface area contributed by atoms with E-state index in [1.807, 2.05) is 42.5 Å². The van der Waals surface area contributed by atoms with Crippen molar-refractivity contribution in [1.29, 1.82) is 0 Å². The van der Waals surface area contributed by atoms with E-state index in [2.05, 4.69) is 65.0 Å². The molecule has 3 rings (SSSR count). The number of benzene rings is 3. The Morgan fingerprint density at radius 1 is 1.13 bits per heavy atom. The Hall–Kier alpha value is -1.62. The number of hydrogen-bond acceptors (Lipinski definition) is 4. The van der Waals surface area contributed by atoms with Crippen LogP contribution in [0.3, 0.4) is 0 Å². The van der Waals surface area contributed by atoms with E-state index >= 15 is 0 Å². The van der Waals surface area contributed by atoms with E-state index in [-0.39, 0.29) is 5.91 Å². The third kappa shape index (κ3) is 6.68. The number of methoxy groups -OCH3 is 1. The van der Waals surface area contributed by atoms with Gasteiger partial charge in [-0.15, -0.1) is 0 Å². The highest BCUT2D eigenvalue weighted by molar-refractivity contribution is 14.1. The van der Waals surface area contributed by atoms with Crippen molar-refractivity contribution < 1.29 is 14.3 Å². The highest BCUT2D eigenvalue weighted by atomic mass is 127. The van der Waals surface area contributed by atoms with Crippen LogP contribution in [0.25, 0.3) is 0 Å². The first kappa shape index (κ1) is 24.0. The fraction of sp³-hybridized carbons (Fsp3) is 0.0909. The maximum absolute atomic E-state index is 12.3. The molecular weight excluding hydrogens is 662 g/mol. The molecule has 0 spiro atoms. The fourth-order valence-corrected chi connectivity index (χ4v) is 4.69. The molecule has 0 heterocycles. The minimum absolute atomic E-state index is 0.327. The number of amides is 1. The second kappa shape index (κ2) is 11.3. The second-order valence-corrected chi connectivity index (χ2v) is 9.58. The summed E-state index contributed by atoms with van der Waals surface area (Å²) in [5, 5.41) is 4.73. The van der Waals surface area contributed by atoms with Crippen LogP contribution in [0.4, 0.5) is 0 Å². The lowest BCUT2D eigenvalue weighted by molar-refractivity contribution is 0.0954. The minimum Gasteiger partial charge on any atom is -0.496 e. The summed E-state index contributed by atoms with van der Waals surface area (Å²) in [4.78, 5) is 12.3. The summed E-state index contributed by atoms with van der Waals surface area (Å²) in [6.45, 7) is 0.400. The zero-order chi connectivity index (χ0) is 22.4. The third-order valence-electron chi connectivity index (χ3n) is 4.11. The molecule has 0 saturated carbocycles. The van der Waals surface area contributed by atoms with E-state index in [4.69, 9.17) is 21.1 Å². The molecule has 5 nitrogen and oxygen atoms in total. The van der Waals surface area contributed by atoms with Gasteiger partial charge in [0.15, 0.2) is 0 Å². The van der Waals surface area contributed by atoms with Crippen molar-refractivity contribution in [3.05, 3.63) is 88.8 Å². The maximum atomic E-state index is 12.3. The first-order valence-electron chi connectivity index (χ1n) is 8.90. The van der Waals surface area contributed by atoms with Crippen LogP contribution in [0.1, 0.15) is 21.5 Å². The fourth-order valence-electron chi connectivity index (χ4n) is 2.56. The van der Waals surface area contributed by atoms with Gasteiger partial charge in [0, 0.05) is 10.6 Å². The van der Waals surface area contributed by atoms with Gasteiger partial charge in [0.25, 0.3) is 5.91 Å². The molecule has 1 amide bonds. The molecule has 160 valence electrons. The number of nitrogens with one attached hydrogen (secondary N) is 1. The second-order valence-electron chi connectivity index (χ2n) is 6.28. The summed E-state index contributed by atoms with van der Waals surface area (Å²) in [5.74, 6) is 0.980. The monoisotopic (exact) mass is 676 g/mol. The van der Waals surface area contributed by atoms with Gasteiger partial charge in [-0.3, -0.25) is 4.79 Å². The predicted octanol–water partition coefficient (Wildman–Crippen LogP) is 6.82. The van der Waals surface area contributed by atoms with E-state index in [9.17, 15) is 4.79 Å². The van der Waals surface area contributed by atoms with E-state index in [0.29, 0.717) is 28.7 Å². The predicted molar refractivity (Wildman–Crippen MR) is 138 cm³/mol. The van der Waals surface area contributed by atoms with Crippen molar-refractivity contribution >= 4 is 78.2 Å². The Balaban J connectivity index is 1.64. The number of halogens is 4. The van der Waals surface area contributed by atoms with Crippen LogP contribution in [0.5, 0.6) is 11.5 Å². The summed E-state index contributed by atoms with van der Waals surface area (Å²) in [7, 11) is 1.57. The Morgan fingerprint density at radius 3 is 2.45 bits per heavy atom. The van der Waals surface area contributed by atoms with Gasteiger partial charge in [-0.25, -0.2) is 5.43 Å². The highest BCUT2D eigenvalue weighted by Gasteiger charge is 2.10. The zero-order valence-electron chi connectivity index (χ0n) is 16.2. The molecule has 0 aliphatic rings. The van der Waals surface area contributed by atoms with Gasteiger partial charge in [0.1, 0.15) is 18.1 Å². The smallest absolute Gasteiger partial charge is 0.271 e. The molecule has 9 heteroatoms. The van der Waals surface area contributed by atoms with Crippen molar-refractivity contribution in [3.63, 3.8) is 0 Å². The maximum Gasteiger partial charge on any atom is 0.271 e. The molecule has 0 atom stereocenters. The van der Waals surface area contributed by atoms with Gasteiger partial charge in [0.2, 0.25) is 0 Å². The summed E-state index contributed by atoms with van der Waals surface area (Å²) < 4.78 is 13.6. The first-order valence-corrected chi connectivity index (χ1v) is 11.9. The van der Waals surface area contributed by atoms with Crippen molar-refractivity contribution in [2.45, 2.75) is 6.61 Å². The van der Waals surface area contributed by atoms with Gasteiger partial charge in [-0.05, 0) is 108 Å². The van der Waals surface area contributed by atoms with E-state index in [1.54, 1.807) is 25.5 Å². The standard InChI is InChI=1S/C22H16Br2ClIN2O3/c1-30-20-10-15(4-7-19(20)26)22(29)28-27-11-14-8-17(23)21(18(24)9-14)31-12-13-2-5-16(25)6-3-13/h2-11H,12H2,1H3,(H,28,29)/b27-11-. The lowest BCUT2D eigenvalue weighted by Gasteiger charge is -2.11. The molecule has 1 N–H and O–H groups in total. The van der Waals surface area contributed by atoms with Crippen LogP contribution in [0, 0.1) is 3.57 Å². The third-order valence-corrected chi connectivity index (χ3v) is 6.43. The van der Waals surface area contributed by atoms with Gasteiger partial charge in [-0.2, -0.15) is 5.10 Å². The van der Waals surface area contributed by atoms with Crippen molar-refractivity contribution in [2.75, 3.05) is 7.11 Å². The lowest BCUT2D eigenvalue weighted by atomic mass is 10.2. The average Bonchev–Trinajstić information content (AvgIpc) is 2.74. The molecule has 0 saturated heterocycles. The number of hydrogen-bond donors (Lipinski definition) is 1. The van der Waals surface area contributed by atoms with Crippen molar-refractivity contribution in [3.8, 4) is 11.5 Å². The molecule has 0 bridgehead atoms. The number of nitrogens with zero attached hydrogens (tertiary/aromatic N) is 1. The summed E-state index contributed by atoms with van der Waals surface area (Å²) in [5.41, 5.74) is 4.76. The lowest BCUT2D eigenvalue weighted by Crippen LogP contribution is -2.17. The SMILES string of the molecule is COc1cc(C(=O)N/N=C\c2cc(Br)c(OCc3ccc(Cl)cc3)c(Br)c2)ccc1I. The molecule has 0 aromatic heterocycles. The number of hydrazone groups is 1. The Labute approximate surface area is 215 Å². The van der Waals surface area contributed by atoms with Crippen molar-refractivity contribution in [2.24, 2.45) is 5.10 Å². The number of ether oxygens (including phenoxy) is 2. The quantitative estimate of drug-likeness (QED) is 0.170. The first-order chi connectivity index (χ1) is 14.9. The zero-order valence-corrected chi connectivity index (χ0v) is 22.2. The number of carbonyl (C=O) groups excluding carboxylic acids is 1. The van der Waals surface area contributed by atoms with Crippen LogP contribution in [-0.4, -0.2) is 19.2 Å². The van der Waals surface area contributed by atoms with Gasteiger partial charge in [-0.1, -0.05) is 23.7 Å². The largest absolute Gasteiger partial charge is 0.496 e. The van der Waals surface area contributed by atoms with E-state index in [1.165, 1.54) is 0 Å². The summed E-state index contributed by atoms with van der Waals surface area (Å²) >= 11 is 15.1. The molecule has 3 aromatic carbocycles. The Bertz CT molecular complexity index is 1100. The highest BCUT2D eigenvalue weighted by Crippen LogP contribution is 2.35. The van der Waals surface area contributed by atoms with E-state index in [0.717, 1.165) is 23.6 Å². The minimum atomic E-state index is -0.327. The average molecular weight is 679 g/mol. The van der Waals surface area contributed by atoms with Crippen LogP contribution in [0.2, 0.25) is 5.02 Å². The van der Waals surface area contributed by atoms with Crippen LogP contribution in [-0.2, 0) is 6.61 Å². The molecular formula is C22H16Br2ClIN2O3. The summed E-state index contributed by atoms with van der Waals surface area (Å²) in [6.07, 6.45) is 1.56. The van der Waals surface area contributed by atoms with Gasteiger partial charge in [0.05, 0.1) is 25.8 Å². The Morgan fingerprint density at radius 2 is 1.81 bits per heavy atom. The van der Waals surface area contributed by atoms with Crippen LogP contribution in [0.15, 0.2) is 68.6 Å². The van der Waals surface area contributed by atoms with Gasteiger partial charge < -0.3 is 9.47 Å². The van der Waals surface area contributed by atoms with Gasteiger partial charge >= 0.3 is 0 Å². The normalized spacial score (nSPS) is 10.9. The number of carbonyl (C=O) groups is 1. The van der Waals surface area contributed by atoms with Crippen molar-refractivity contribution in [1.82, 2.24) is 5.43 Å². The molecule has 31 heavy (non-hydrogen) atoms.